The highest BCUT2D eigenvalue weighted by atomic mass is 32.2. The molecule has 2 N–H and O–H groups in total. The lowest BCUT2D eigenvalue weighted by atomic mass is 9.86. The summed E-state index contributed by atoms with van der Waals surface area (Å²) in [6.07, 6.45) is 0. The van der Waals surface area contributed by atoms with E-state index in [1.807, 2.05) is 11.8 Å². The van der Waals surface area contributed by atoms with Crippen LogP contribution in [-0.2, 0) is 4.74 Å². The van der Waals surface area contributed by atoms with Crippen LogP contribution < -0.4 is 5.32 Å². The van der Waals surface area contributed by atoms with Crippen LogP contribution >= 0.6 is 11.8 Å². The third-order valence-electron chi connectivity index (χ3n) is 3.69. The Morgan fingerprint density at radius 2 is 1.90 bits per heavy atom. The van der Waals surface area contributed by atoms with E-state index in [2.05, 4.69) is 50.4 Å². The Bertz CT molecular complexity index is 409. The minimum Gasteiger partial charge on any atom is -0.396 e. The highest BCUT2D eigenvalue weighted by Crippen LogP contribution is 2.28. The van der Waals surface area contributed by atoms with Gasteiger partial charge in [-0.3, -0.25) is 0 Å². The van der Waals surface area contributed by atoms with Gasteiger partial charge in [-0.25, -0.2) is 0 Å². The van der Waals surface area contributed by atoms with Crippen molar-refractivity contribution in [3.8, 4) is 0 Å². The molecule has 0 aliphatic carbocycles. The first-order valence-corrected chi connectivity index (χ1v) is 8.11. The molecule has 3 nitrogen and oxygen atoms in total. The van der Waals surface area contributed by atoms with Crippen molar-refractivity contribution in [2.24, 2.45) is 5.41 Å². The third kappa shape index (κ3) is 3.98. The van der Waals surface area contributed by atoms with Crippen molar-refractivity contribution >= 4 is 11.8 Å². The number of aliphatic hydroxyl groups is 1. The molecule has 0 spiro atoms. The van der Waals surface area contributed by atoms with E-state index in [9.17, 15) is 5.11 Å². The highest BCUT2D eigenvalue weighted by molar-refractivity contribution is 7.99. The summed E-state index contributed by atoms with van der Waals surface area (Å²) in [6.45, 7) is 8.88. The average molecular weight is 295 g/mol. The van der Waals surface area contributed by atoms with Crippen molar-refractivity contribution in [3.63, 3.8) is 0 Å². The van der Waals surface area contributed by atoms with Gasteiger partial charge in [-0.05, 0) is 24.6 Å². The zero-order chi connectivity index (χ0) is 14.6. The topological polar surface area (TPSA) is 41.5 Å². The van der Waals surface area contributed by atoms with Crippen LogP contribution in [0.4, 0.5) is 0 Å². The van der Waals surface area contributed by atoms with Crippen LogP contribution in [-0.4, -0.2) is 36.7 Å². The Morgan fingerprint density at radius 1 is 1.25 bits per heavy atom. The van der Waals surface area contributed by atoms with Gasteiger partial charge in [0.15, 0.2) is 0 Å². The Labute approximate surface area is 126 Å². The lowest BCUT2D eigenvalue weighted by Gasteiger charge is -2.40. The van der Waals surface area contributed by atoms with Gasteiger partial charge in [-0.15, -0.1) is 11.8 Å². The maximum absolute atomic E-state index is 9.42. The summed E-state index contributed by atoms with van der Waals surface area (Å²) in [7, 11) is 0. The molecule has 4 heteroatoms. The van der Waals surface area contributed by atoms with Gasteiger partial charge in [-0.1, -0.05) is 26.0 Å². The number of ether oxygens (including phenoxy) is 1. The highest BCUT2D eigenvalue weighted by Gasteiger charge is 2.37. The largest absolute Gasteiger partial charge is 0.396 e. The first-order chi connectivity index (χ1) is 9.54. The molecule has 0 amide bonds. The van der Waals surface area contributed by atoms with Crippen molar-refractivity contribution in [3.05, 3.63) is 29.8 Å². The second-order valence-electron chi connectivity index (χ2n) is 5.99. The third-order valence-corrected chi connectivity index (χ3v) is 4.70. The van der Waals surface area contributed by atoms with Crippen molar-refractivity contribution in [2.45, 2.75) is 37.0 Å². The van der Waals surface area contributed by atoms with Crippen LogP contribution in [0, 0.1) is 5.41 Å². The lowest BCUT2D eigenvalue weighted by molar-refractivity contribution is -0.135. The predicted molar refractivity (Wildman–Crippen MR) is 84.2 cm³/mol. The van der Waals surface area contributed by atoms with Gasteiger partial charge in [0.2, 0.25) is 0 Å². The summed E-state index contributed by atoms with van der Waals surface area (Å²) >= 11 is 1.88. The first-order valence-electron chi connectivity index (χ1n) is 7.23. The van der Waals surface area contributed by atoms with Gasteiger partial charge in [0.05, 0.1) is 25.2 Å². The number of hydrogen-bond donors (Lipinski definition) is 2. The molecule has 0 radical (unpaired) electrons. The fraction of sp³-hybridized carbons (Fsp3) is 0.625. The van der Waals surface area contributed by atoms with E-state index in [1.54, 1.807) is 0 Å². The number of nitrogens with one attached hydrogen (secondary N) is 1. The summed E-state index contributed by atoms with van der Waals surface area (Å²) in [5, 5.41) is 13.5. The minimum absolute atomic E-state index is 0.0678. The van der Waals surface area contributed by atoms with Crippen molar-refractivity contribution in [2.75, 3.05) is 26.4 Å². The van der Waals surface area contributed by atoms with E-state index in [-0.39, 0.29) is 18.1 Å². The molecular formula is C16H25NO2S. The maximum Gasteiger partial charge on any atom is 0.0579 e. The molecule has 1 aliphatic rings. The van der Waals surface area contributed by atoms with Crippen LogP contribution in [0.2, 0.25) is 0 Å². The fourth-order valence-corrected chi connectivity index (χ4v) is 3.07. The second-order valence-corrected chi connectivity index (χ2v) is 7.64. The van der Waals surface area contributed by atoms with E-state index >= 15 is 0 Å². The van der Waals surface area contributed by atoms with Gasteiger partial charge >= 0.3 is 0 Å². The van der Waals surface area contributed by atoms with Gasteiger partial charge in [0.1, 0.15) is 0 Å². The van der Waals surface area contributed by atoms with Crippen LogP contribution in [0.15, 0.2) is 29.2 Å². The molecule has 1 saturated heterocycles. The molecule has 112 valence electrons. The molecule has 1 fully saturated rings. The van der Waals surface area contributed by atoms with E-state index in [4.69, 9.17) is 4.74 Å². The van der Waals surface area contributed by atoms with E-state index in [0.717, 1.165) is 6.54 Å². The number of hydrogen-bond acceptors (Lipinski definition) is 4. The number of benzene rings is 1. The summed E-state index contributed by atoms with van der Waals surface area (Å²) in [4.78, 5) is 1.31. The standard InChI is InChI=1S/C16H25NO2S/c1-12(2)20-15-6-4-14(5-7-15)13(3)17-8-16(9-18)10-19-11-16/h4-7,12-13,17-18H,8-11H2,1-3H3. The lowest BCUT2D eigenvalue weighted by Crippen LogP contribution is -2.52. The molecule has 0 bridgehead atoms. The summed E-state index contributed by atoms with van der Waals surface area (Å²) < 4.78 is 5.22. The molecule has 2 rings (SSSR count). The van der Waals surface area contributed by atoms with Crippen molar-refractivity contribution < 1.29 is 9.84 Å². The zero-order valence-corrected chi connectivity index (χ0v) is 13.4. The molecule has 1 aromatic carbocycles. The molecular weight excluding hydrogens is 270 g/mol. The Kier molecular flexibility index (Phi) is 5.49. The number of thioether (sulfide) groups is 1. The second kappa shape index (κ2) is 6.94. The number of aliphatic hydroxyl groups excluding tert-OH is 1. The SMILES string of the molecule is CC(C)Sc1ccc(C(C)NCC2(CO)COC2)cc1. The Balaban J connectivity index is 1.87. The molecule has 1 aromatic rings. The maximum atomic E-state index is 9.42. The van der Waals surface area contributed by atoms with Gasteiger partial charge < -0.3 is 15.2 Å². The predicted octanol–water partition coefficient (Wildman–Crippen LogP) is 2.85. The molecule has 1 heterocycles. The smallest absolute Gasteiger partial charge is 0.0579 e. The molecule has 0 saturated carbocycles. The Hall–Kier alpha value is -0.550. The summed E-state index contributed by atoms with van der Waals surface area (Å²) in [5.41, 5.74) is 1.22. The normalized spacial score (nSPS) is 18.9. The molecule has 1 aliphatic heterocycles. The monoisotopic (exact) mass is 295 g/mol. The first kappa shape index (κ1) is 15.8. The van der Waals surface area contributed by atoms with Crippen LogP contribution in [0.5, 0.6) is 0 Å². The van der Waals surface area contributed by atoms with Gasteiger partial charge in [0.25, 0.3) is 0 Å². The average Bonchev–Trinajstić information content (AvgIpc) is 2.38. The summed E-state index contributed by atoms with van der Waals surface area (Å²) in [5.74, 6) is 0. The van der Waals surface area contributed by atoms with E-state index < -0.39 is 0 Å². The minimum atomic E-state index is -0.0678. The molecule has 1 atom stereocenters. The zero-order valence-electron chi connectivity index (χ0n) is 12.6. The van der Waals surface area contributed by atoms with Crippen LogP contribution in [0.1, 0.15) is 32.4 Å². The van der Waals surface area contributed by atoms with Crippen LogP contribution in [0.25, 0.3) is 0 Å². The summed E-state index contributed by atoms with van der Waals surface area (Å²) in [6, 6.07) is 9.03. The molecule has 1 unspecified atom stereocenters. The quantitative estimate of drug-likeness (QED) is 0.759. The molecule has 20 heavy (non-hydrogen) atoms. The van der Waals surface area contributed by atoms with E-state index in [0.29, 0.717) is 18.5 Å². The molecule has 0 aromatic heterocycles. The number of rotatable bonds is 7. The van der Waals surface area contributed by atoms with Crippen molar-refractivity contribution in [1.29, 1.82) is 0 Å². The van der Waals surface area contributed by atoms with Crippen LogP contribution in [0.3, 0.4) is 0 Å². The Morgan fingerprint density at radius 3 is 2.35 bits per heavy atom. The van der Waals surface area contributed by atoms with Gasteiger partial charge in [0, 0.05) is 22.7 Å². The fourth-order valence-electron chi connectivity index (χ4n) is 2.23. The van der Waals surface area contributed by atoms with Gasteiger partial charge in [-0.2, -0.15) is 0 Å². The van der Waals surface area contributed by atoms with E-state index in [1.165, 1.54) is 10.5 Å². The van der Waals surface area contributed by atoms with Crippen molar-refractivity contribution in [1.82, 2.24) is 5.32 Å².